The Labute approximate surface area is 145 Å². The lowest BCUT2D eigenvalue weighted by molar-refractivity contribution is -0.131. The van der Waals surface area contributed by atoms with E-state index in [9.17, 15) is 9.59 Å². The topological polar surface area (TPSA) is 65.7 Å². The fraction of sp³-hybridized carbons (Fsp3) is 0.111. The Hall–Kier alpha value is -2.60. The van der Waals surface area contributed by atoms with Gasteiger partial charge in [-0.1, -0.05) is 30.3 Å². The summed E-state index contributed by atoms with van der Waals surface area (Å²) < 4.78 is 16.2. The second-order valence-corrected chi connectivity index (χ2v) is 5.85. The van der Waals surface area contributed by atoms with E-state index < -0.39 is 11.6 Å². The maximum atomic E-state index is 11.8. The summed E-state index contributed by atoms with van der Waals surface area (Å²) >= 11 is 3.11. The van der Waals surface area contributed by atoms with Gasteiger partial charge in [-0.3, -0.25) is 4.79 Å². The van der Waals surface area contributed by atoms with Gasteiger partial charge in [-0.2, -0.15) is 0 Å². The van der Waals surface area contributed by atoms with Crippen molar-refractivity contribution in [1.82, 2.24) is 0 Å². The summed E-state index contributed by atoms with van der Waals surface area (Å²) in [5, 5.41) is 0.474. The second kappa shape index (κ2) is 6.88. The first-order chi connectivity index (χ1) is 11.5. The quantitative estimate of drug-likeness (QED) is 0.497. The molecule has 1 aromatic heterocycles. The molecule has 5 nitrogen and oxygen atoms in total. The van der Waals surface area contributed by atoms with Crippen molar-refractivity contribution in [3.8, 4) is 11.5 Å². The van der Waals surface area contributed by atoms with Crippen LogP contribution in [0.5, 0.6) is 11.5 Å². The lowest BCUT2D eigenvalue weighted by Gasteiger charge is -2.10. The van der Waals surface area contributed by atoms with Crippen LogP contribution in [0.2, 0.25) is 0 Å². The van der Waals surface area contributed by atoms with Crippen molar-refractivity contribution in [2.75, 3.05) is 0 Å². The van der Waals surface area contributed by atoms with E-state index in [4.69, 9.17) is 13.9 Å². The van der Waals surface area contributed by atoms with Crippen molar-refractivity contribution >= 4 is 32.9 Å². The molecule has 6 heteroatoms. The number of carbonyl (C=O) groups is 1. The predicted octanol–water partition coefficient (Wildman–Crippen LogP) is 4.06. The van der Waals surface area contributed by atoms with Gasteiger partial charge in [-0.05, 0) is 39.7 Å². The molecule has 0 saturated heterocycles. The molecule has 0 unspecified atom stereocenters. The van der Waals surface area contributed by atoms with Crippen molar-refractivity contribution in [1.29, 1.82) is 0 Å². The van der Waals surface area contributed by atoms with Gasteiger partial charge in [0.2, 0.25) is 0 Å². The molecule has 24 heavy (non-hydrogen) atoms. The van der Waals surface area contributed by atoms with Gasteiger partial charge in [0.15, 0.2) is 5.75 Å². The number of halogens is 1. The Morgan fingerprint density at radius 1 is 1.17 bits per heavy atom. The molecule has 0 bridgehead atoms. The third-order valence-electron chi connectivity index (χ3n) is 3.27. The third-order valence-corrected chi connectivity index (χ3v) is 3.95. The molecule has 0 radical (unpaired) electrons. The fourth-order valence-electron chi connectivity index (χ4n) is 2.21. The first-order valence-corrected chi connectivity index (χ1v) is 7.95. The maximum Gasteiger partial charge on any atom is 0.354 e. The highest BCUT2D eigenvalue weighted by molar-refractivity contribution is 9.10. The minimum atomic E-state index is -0.614. The Balaban J connectivity index is 1.98. The van der Waals surface area contributed by atoms with Crippen LogP contribution in [0.3, 0.4) is 0 Å². The van der Waals surface area contributed by atoms with E-state index in [2.05, 4.69) is 15.9 Å². The summed E-state index contributed by atoms with van der Waals surface area (Å²) in [4.78, 5) is 23.1. The van der Waals surface area contributed by atoms with Crippen LogP contribution in [0.1, 0.15) is 12.5 Å². The highest BCUT2D eigenvalue weighted by Gasteiger charge is 2.16. The van der Waals surface area contributed by atoms with E-state index in [-0.39, 0.29) is 10.2 Å². The van der Waals surface area contributed by atoms with Crippen molar-refractivity contribution in [2.45, 2.75) is 13.5 Å². The predicted molar refractivity (Wildman–Crippen MR) is 92.3 cm³/mol. The molecular formula is C18H13BrO5. The lowest BCUT2D eigenvalue weighted by atomic mass is 10.2. The van der Waals surface area contributed by atoms with E-state index in [0.717, 1.165) is 5.56 Å². The van der Waals surface area contributed by atoms with Gasteiger partial charge >= 0.3 is 11.6 Å². The molecular weight excluding hydrogens is 376 g/mol. The monoisotopic (exact) mass is 388 g/mol. The van der Waals surface area contributed by atoms with Crippen molar-refractivity contribution < 1.29 is 18.7 Å². The zero-order valence-corrected chi connectivity index (χ0v) is 14.3. The fourth-order valence-corrected chi connectivity index (χ4v) is 2.58. The van der Waals surface area contributed by atoms with E-state index in [0.29, 0.717) is 23.3 Å². The van der Waals surface area contributed by atoms with Crippen LogP contribution in [0.4, 0.5) is 0 Å². The van der Waals surface area contributed by atoms with Gasteiger partial charge < -0.3 is 13.9 Å². The average Bonchev–Trinajstić information content (AvgIpc) is 2.58. The molecule has 0 aliphatic heterocycles. The molecule has 3 rings (SSSR count). The van der Waals surface area contributed by atoms with Gasteiger partial charge in [0.25, 0.3) is 0 Å². The summed E-state index contributed by atoms with van der Waals surface area (Å²) in [5.74, 6) is 0.164. The van der Waals surface area contributed by atoms with Gasteiger partial charge in [-0.15, -0.1) is 0 Å². The smallest absolute Gasteiger partial charge is 0.354 e. The third kappa shape index (κ3) is 3.49. The Kier molecular flexibility index (Phi) is 4.66. The Bertz CT molecular complexity index is 947. The van der Waals surface area contributed by atoms with Crippen molar-refractivity contribution in [3.05, 3.63) is 69.0 Å². The number of fused-ring (bicyclic) bond motifs is 1. The highest BCUT2D eigenvalue weighted by Crippen LogP contribution is 2.33. The largest absolute Gasteiger partial charge is 0.489 e. The number of benzene rings is 2. The summed E-state index contributed by atoms with van der Waals surface area (Å²) in [6.45, 7) is 1.66. The highest BCUT2D eigenvalue weighted by atomic mass is 79.9. The van der Waals surface area contributed by atoms with E-state index in [1.165, 1.54) is 6.92 Å². The minimum Gasteiger partial charge on any atom is -0.489 e. The average molecular weight is 389 g/mol. The normalized spacial score (nSPS) is 10.6. The number of rotatable bonds is 4. The minimum absolute atomic E-state index is 0.0606. The van der Waals surface area contributed by atoms with Crippen LogP contribution >= 0.6 is 15.9 Å². The number of ether oxygens (including phenoxy) is 2. The van der Waals surface area contributed by atoms with Crippen LogP contribution in [-0.4, -0.2) is 5.97 Å². The van der Waals surface area contributed by atoms with Crippen LogP contribution in [0.25, 0.3) is 11.0 Å². The zero-order chi connectivity index (χ0) is 17.1. The molecule has 2 aromatic carbocycles. The van der Waals surface area contributed by atoms with Crippen LogP contribution in [0, 0.1) is 0 Å². The number of hydrogen-bond acceptors (Lipinski definition) is 5. The van der Waals surface area contributed by atoms with Crippen molar-refractivity contribution in [2.24, 2.45) is 0 Å². The van der Waals surface area contributed by atoms with Crippen LogP contribution in [0.15, 0.2) is 62.2 Å². The molecule has 0 fully saturated rings. The first kappa shape index (κ1) is 16.3. The Morgan fingerprint density at radius 3 is 2.62 bits per heavy atom. The molecule has 0 atom stereocenters. The van der Waals surface area contributed by atoms with Gasteiger partial charge in [0.05, 0.1) is 5.39 Å². The van der Waals surface area contributed by atoms with Gasteiger partial charge in [0, 0.05) is 6.92 Å². The van der Waals surface area contributed by atoms with Crippen LogP contribution in [-0.2, 0) is 11.4 Å². The lowest BCUT2D eigenvalue weighted by Crippen LogP contribution is -2.08. The van der Waals surface area contributed by atoms with Gasteiger partial charge in [-0.25, -0.2) is 4.79 Å². The number of carbonyl (C=O) groups excluding carboxylic acids is 1. The summed E-state index contributed by atoms with van der Waals surface area (Å²) in [6, 6.07) is 14.7. The number of esters is 1. The van der Waals surface area contributed by atoms with Gasteiger partial charge in [0.1, 0.15) is 22.4 Å². The number of hydrogen-bond donors (Lipinski definition) is 0. The summed E-state index contributed by atoms with van der Waals surface area (Å²) in [5.41, 5.74) is 0.724. The molecule has 0 saturated carbocycles. The molecule has 1 heterocycles. The molecule has 3 aromatic rings. The second-order valence-electron chi connectivity index (χ2n) is 5.06. The van der Waals surface area contributed by atoms with E-state index in [1.807, 2.05) is 30.3 Å². The molecule has 0 aliphatic carbocycles. The first-order valence-electron chi connectivity index (χ1n) is 7.16. The molecule has 0 N–H and O–H groups in total. The SMILES string of the molecule is CC(=O)Oc1c(Br)c(=O)oc2ccc(OCc3ccccc3)cc12. The van der Waals surface area contributed by atoms with Crippen molar-refractivity contribution in [3.63, 3.8) is 0 Å². The van der Waals surface area contributed by atoms with E-state index in [1.54, 1.807) is 18.2 Å². The standard InChI is InChI=1S/C18H13BrO5/c1-11(20)23-17-14-9-13(22-10-12-5-3-2-4-6-12)7-8-15(14)24-18(21)16(17)19/h2-9H,10H2,1H3. The summed E-state index contributed by atoms with van der Waals surface area (Å²) in [7, 11) is 0. The summed E-state index contributed by atoms with van der Waals surface area (Å²) in [6.07, 6.45) is 0. The molecule has 0 amide bonds. The van der Waals surface area contributed by atoms with E-state index >= 15 is 0 Å². The van der Waals surface area contributed by atoms with Crippen LogP contribution < -0.4 is 15.1 Å². The maximum absolute atomic E-state index is 11.8. The molecule has 0 aliphatic rings. The zero-order valence-electron chi connectivity index (χ0n) is 12.7. The molecule has 122 valence electrons. The Morgan fingerprint density at radius 2 is 1.92 bits per heavy atom. The molecule has 0 spiro atoms.